The molecule has 1 N–H and O–H groups in total. The fourth-order valence-corrected chi connectivity index (χ4v) is 4.63. The highest BCUT2D eigenvalue weighted by molar-refractivity contribution is 7.89. The third-order valence-electron chi connectivity index (χ3n) is 4.46. The molecule has 1 aliphatic rings. The van der Waals surface area contributed by atoms with Crippen molar-refractivity contribution in [2.45, 2.75) is 4.90 Å². The average Bonchev–Trinajstić information content (AvgIpc) is 3.01. The molecule has 0 amide bonds. The lowest BCUT2D eigenvalue weighted by Gasteiger charge is -2.35. The van der Waals surface area contributed by atoms with E-state index in [1.54, 1.807) is 18.2 Å². The lowest BCUT2D eigenvalue weighted by Crippen LogP contribution is -2.48. The molecule has 0 saturated carbocycles. The summed E-state index contributed by atoms with van der Waals surface area (Å²) in [4.78, 5) is 16.2. The molecule has 0 radical (unpaired) electrons. The summed E-state index contributed by atoms with van der Waals surface area (Å²) in [6.07, 6.45) is 0. The van der Waals surface area contributed by atoms with Gasteiger partial charge in [-0.25, -0.2) is 13.2 Å². The molecule has 26 heavy (non-hydrogen) atoms. The molecule has 4 rings (SSSR count). The summed E-state index contributed by atoms with van der Waals surface area (Å²) in [6, 6.07) is 11.6. The molecule has 0 unspecified atom stereocenters. The Balaban J connectivity index is 1.50. The van der Waals surface area contributed by atoms with E-state index in [-0.39, 0.29) is 4.90 Å². The van der Waals surface area contributed by atoms with Crippen LogP contribution in [0.2, 0.25) is 5.02 Å². The lowest BCUT2D eigenvalue weighted by molar-refractivity contribution is 0.385. The molecular formula is C17H16ClN3O4S. The van der Waals surface area contributed by atoms with E-state index in [1.807, 2.05) is 12.1 Å². The van der Waals surface area contributed by atoms with E-state index in [1.165, 1.54) is 16.4 Å². The predicted octanol–water partition coefficient (Wildman–Crippen LogP) is 2.29. The number of H-pyrrole nitrogens is 1. The first-order chi connectivity index (χ1) is 12.4. The van der Waals surface area contributed by atoms with Crippen molar-refractivity contribution in [3.8, 4) is 0 Å². The predicted molar refractivity (Wildman–Crippen MR) is 99.3 cm³/mol. The van der Waals surface area contributed by atoms with Crippen molar-refractivity contribution < 1.29 is 12.8 Å². The van der Waals surface area contributed by atoms with Crippen LogP contribution in [0.15, 0.2) is 56.6 Å². The number of piperazine rings is 1. The van der Waals surface area contributed by atoms with Crippen molar-refractivity contribution in [3.05, 3.63) is 58.0 Å². The van der Waals surface area contributed by atoms with Gasteiger partial charge in [0.15, 0.2) is 5.58 Å². The number of aromatic amines is 1. The zero-order valence-electron chi connectivity index (χ0n) is 13.7. The molecule has 0 spiro atoms. The average molecular weight is 394 g/mol. The minimum Gasteiger partial charge on any atom is -0.408 e. The van der Waals surface area contributed by atoms with E-state index in [4.69, 9.17) is 16.0 Å². The molecule has 7 nitrogen and oxygen atoms in total. The van der Waals surface area contributed by atoms with Gasteiger partial charge in [0, 0.05) is 36.9 Å². The van der Waals surface area contributed by atoms with E-state index in [2.05, 4.69) is 9.88 Å². The van der Waals surface area contributed by atoms with Gasteiger partial charge in [-0.15, -0.1) is 0 Å². The standard InChI is InChI=1S/C17H16ClN3O4S/c18-12-1-4-14(5-2-12)26(23,24)21-9-7-20(8-10-21)13-3-6-16-15(11-13)19-17(22)25-16/h1-6,11H,7-10H2,(H,19,22). The summed E-state index contributed by atoms with van der Waals surface area (Å²) in [6.45, 7) is 1.87. The smallest absolute Gasteiger partial charge is 0.408 e. The second kappa shape index (κ2) is 6.46. The molecule has 0 atom stereocenters. The van der Waals surface area contributed by atoms with Crippen molar-refractivity contribution in [2.75, 3.05) is 31.1 Å². The molecule has 3 aromatic rings. The second-order valence-corrected chi connectivity index (χ2v) is 8.41. The number of fused-ring (bicyclic) bond motifs is 1. The molecule has 1 fully saturated rings. The van der Waals surface area contributed by atoms with Gasteiger partial charge in [-0.1, -0.05) is 11.6 Å². The largest absolute Gasteiger partial charge is 0.417 e. The molecule has 1 aliphatic heterocycles. The van der Waals surface area contributed by atoms with Crippen LogP contribution in [-0.2, 0) is 10.0 Å². The van der Waals surface area contributed by atoms with Gasteiger partial charge in [-0.05, 0) is 42.5 Å². The SMILES string of the molecule is O=c1[nH]c2cc(N3CCN(S(=O)(=O)c4ccc(Cl)cc4)CC3)ccc2o1. The maximum Gasteiger partial charge on any atom is 0.417 e. The quantitative estimate of drug-likeness (QED) is 0.737. The lowest BCUT2D eigenvalue weighted by atomic mass is 10.2. The fourth-order valence-electron chi connectivity index (χ4n) is 3.08. The number of hydrogen-bond donors (Lipinski definition) is 1. The number of rotatable bonds is 3. The van der Waals surface area contributed by atoms with Crippen molar-refractivity contribution in [1.29, 1.82) is 0 Å². The topological polar surface area (TPSA) is 86.6 Å². The number of anilines is 1. The van der Waals surface area contributed by atoms with Crippen molar-refractivity contribution in [1.82, 2.24) is 9.29 Å². The van der Waals surface area contributed by atoms with Gasteiger partial charge < -0.3 is 9.32 Å². The van der Waals surface area contributed by atoms with Crippen LogP contribution in [0.5, 0.6) is 0 Å². The van der Waals surface area contributed by atoms with Crippen LogP contribution in [0, 0.1) is 0 Å². The van der Waals surface area contributed by atoms with Crippen LogP contribution < -0.4 is 10.7 Å². The van der Waals surface area contributed by atoms with Crippen molar-refractivity contribution >= 4 is 38.4 Å². The van der Waals surface area contributed by atoms with E-state index < -0.39 is 15.8 Å². The number of aromatic nitrogens is 1. The number of nitrogens with one attached hydrogen (secondary N) is 1. The van der Waals surface area contributed by atoms with E-state index >= 15 is 0 Å². The molecule has 0 bridgehead atoms. The Morgan fingerprint density at radius 2 is 1.69 bits per heavy atom. The Bertz CT molecular complexity index is 1100. The summed E-state index contributed by atoms with van der Waals surface area (Å²) in [5.74, 6) is -0.490. The fraction of sp³-hybridized carbons (Fsp3) is 0.235. The Morgan fingerprint density at radius 3 is 2.38 bits per heavy atom. The van der Waals surface area contributed by atoms with E-state index in [0.717, 1.165) is 5.69 Å². The minimum absolute atomic E-state index is 0.243. The number of oxazole rings is 1. The van der Waals surface area contributed by atoms with Crippen molar-refractivity contribution in [2.24, 2.45) is 0 Å². The number of sulfonamides is 1. The van der Waals surface area contributed by atoms with Gasteiger partial charge >= 0.3 is 5.76 Å². The van der Waals surface area contributed by atoms with Crippen LogP contribution >= 0.6 is 11.6 Å². The second-order valence-electron chi connectivity index (χ2n) is 6.04. The first-order valence-corrected chi connectivity index (χ1v) is 9.89. The van der Waals surface area contributed by atoms with Gasteiger partial charge in [-0.3, -0.25) is 4.98 Å². The van der Waals surface area contributed by atoms with Crippen LogP contribution in [0.4, 0.5) is 5.69 Å². The highest BCUT2D eigenvalue weighted by atomic mass is 35.5. The van der Waals surface area contributed by atoms with Crippen LogP contribution in [0.25, 0.3) is 11.1 Å². The summed E-state index contributed by atoms with van der Waals surface area (Å²) in [5, 5.41) is 0.501. The van der Waals surface area contributed by atoms with Crippen LogP contribution in [-0.4, -0.2) is 43.9 Å². The molecule has 2 aromatic carbocycles. The molecule has 1 saturated heterocycles. The Kier molecular flexibility index (Phi) is 4.26. The molecule has 0 aliphatic carbocycles. The summed E-state index contributed by atoms with van der Waals surface area (Å²) in [5.41, 5.74) is 2.05. The first-order valence-electron chi connectivity index (χ1n) is 8.07. The third-order valence-corrected chi connectivity index (χ3v) is 6.62. The van der Waals surface area contributed by atoms with Crippen molar-refractivity contribution in [3.63, 3.8) is 0 Å². The summed E-state index contributed by atoms with van der Waals surface area (Å²) < 4.78 is 31.9. The molecule has 2 heterocycles. The number of benzene rings is 2. The summed E-state index contributed by atoms with van der Waals surface area (Å²) >= 11 is 5.83. The Hall–Kier alpha value is -2.29. The monoisotopic (exact) mass is 393 g/mol. The number of hydrogen-bond acceptors (Lipinski definition) is 5. The normalized spacial score (nSPS) is 16.3. The van der Waals surface area contributed by atoms with Gasteiger partial charge in [0.05, 0.1) is 10.4 Å². The maximum atomic E-state index is 12.7. The van der Waals surface area contributed by atoms with Gasteiger partial charge in [0.2, 0.25) is 10.0 Å². The minimum atomic E-state index is -3.53. The van der Waals surface area contributed by atoms with Gasteiger partial charge in [-0.2, -0.15) is 4.31 Å². The molecule has 1 aromatic heterocycles. The Morgan fingerprint density at radius 1 is 1.00 bits per heavy atom. The van der Waals surface area contributed by atoms with Gasteiger partial charge in [0.25, 0.3) is 0 Å². The van der Waals surface area contributed by atoms with E-state index in [9.17, 15) is 13.2 Å². The van der Waals surface area contributed by atoms with Crippen LogP contribution in [0.3, 0.4) is 0 Å². The number of nitrogens with zero attached hydrogens (tertiary/aromatic N) is 2. The summed E-state index contributed by atoms with van der Waals surface area (Å²) in [7, 11) is -3.53. The highest BCUT2D eigenvalue weighted by Gasteiger charge is 2.28. The number of halogens is 1. The van der Waals surface area contributed by atoms with E-state index in [0.29, 0.717) is 42.3 Å². The molecular weight excluding hydrogens is 378 g/mol. The highest BCUT2D eigenvalue weighted by Crippen LogP contribution is 2.24. The molecule has 136 valence electrons. The zero-order valence-corrected chi connectivity index (χ0v) is 15.3. The maximum absolute atomic E-state index is 12.7. The Labute approximate surface area is 154 Å². The van der Waals surface area contributed by atoms with Gasteiger partial charge in [0.1, 0.15) is 0 Å². The molecule has 9 heteroatoms. The first kappa shape index (κ1) is 17.1. The van der Waals surface area contributed by atoms with Crippen LogP contribution in [0.1, 0.15) is 0 Å². The zero-order chi connectivity index (χ0) is 18.3. The third kappa shape index (κ3) is 3.11.